The third kappa shape index (κ3) is 4.66. The Bertz CT molecular complexity index is 737. The smallest absolute Gasteiger partial charge is 0.319 e. The molecule has 23 heavy (non-hydrogen) atoms. The Hall–Kier alpha value is -2.15. The van der Waals surface area contributed by atoms with Gasteiger partial charge in [-0.1, -0.05) is 13.8 Å². The predicted molar refractivity (Wildman–Crippen MR) is 93.8 cm³/mol. The molecule has 6 nitrogen and oxygen atoms in total. The van der Waals surface area contributed by atoms with Crippen molar-refractivity contribution < 1.29 is 9.59 Å². The number of carbonyl (C=O) groups is 2. The van der Waals surface area contributed by atoms with Crippen molar-refractivity contribution in [3.63, 3.8) is 0 Å². The number of nitrogens with one attached hydrogen (secondary N) is 2. The highest BCUT2D eigenvalue weighted by Crippen LogP contribution is 2.29. The van der Waals surface area contributed by atoms with E-state index in [0.717, 1.165) is 15.2 Å². The highest BCUT2D eigenvalue weighted by molar-refractivity contribution is 7.18. The number of nitrogens with zero attached hydrogens (tertiary/aromatic N) is 1. The van der Waals surface area contributed by atoms with Crippen LogP contribution in [0.15, 0.2) is 18.2 Å². The second kappa shape index (κ2) is 6.54. The van der Waals surface area contributed by atoms with Crippen LogP contribution in [0.25, 0.3) is 10.2 Å². The average molecular weight is 334 g/mol. The van der Waals surface area contributed by atoms with E-state index in [0.29, 0.717) is 11.6 Å². The summed E-state index contributed by atoms with van der Waals surface area (Å²) >= 11 is 1.62. The summed E-state index contributed by atoms with van der Waals surface area (Å²) in [6.45, 7) is 7.70. The summed E-state index contributed by atoms with van der Waals surface area (Å²) < 4.78 is 1.03. The van der Waals surface area contributed by atoms with Crippen molar-refractivity contribution in [2.75, 3.05) is 5.32 Å². The molecule has 0 aliphatic carbocycles. The number of primary amides is 1. The van der Waals surface area contributed by atoms with E-state index >= 15 is 0 Å². The molecule has 1 heterocycles. The van der Waals surface area contributed by atoms with Gasteiger partial charge in [0.25, 0.3) is 0 Å². The van der Waals surface area contributed by atoms with Crippen LogP contribution in [0.2, 0.25) is 0 Å². The Kier molecular flexibility index (Phi) is 4.89. The number of nitrogens with two attached hydrogens (primary N) is 1. The van der Waals surface area contributed by atoms with Gasteiger partial charge < -0.3 is 16.4 Å². The first-order chi connectivity index (χ1) is 10.7. The molecule has 0 radical (unpaired) electrons. The number of hydrogen-bond acceptors (Lipinski definition) is 4. The highest BCUT2D eigenvalue weighted by Gasteiger charge is 2.22. The molecule has 0 fully saturated rings. The van der Waals surface area contributed by atoms with Gasteiger partial charge in [-0.05, 0) is 32.0 Å². The fourth-order valence-electron chi connectivity index (χ4n) is 2.22. The zero-order valence-electron chi connectivity index (χ0n) is 13.8. The Balaban J connectivity index is 2.09. The summed E-state index contributed by atoms with van der Waals surface area (Å²) in [4.78, 5) is 27.6. The number of urea groups is 1. The van der Waals surface area contributed by atoms with Gasteiger partial charge in [0.2, 0.25) is 5.91 Å². The largest absolute Gasteiger partial charge is 0.370 e. The summed E-state index contributed by atoms with van der Waals surface area (Å²) in [6, 6.07) is 5.23. The number of carbonyl (C=O) groups excluding carboxylic acids is 2. The van der Waals surface area contributed by atoms with Crippen molar-refractivity contribution in [1.29, 1.82) is 0 Å². The van der Waals surface area contributed by atoms with Gasteiger partial charge in [-0.15, -0.1) is 11.3 Å². The number of rotatable bonds is 5. The molecule has 0 bridgehead atoms. The van der Waals surface area contributed by atoms with Gasteiger partial charge in [-0.3, -0.25) is 4.79 Å². The maximum Gasteiger partial charge on any atom is 0.319 e. The lowest BCUT2D eigenvalue weighted by molar-refractivity contribution is -0.119. The number of benzene rings is 1. The van der Waals surface area contributed by atoms with E-state index in [-0.39, 0.29) is 12.5 Å². The number of fused-ring (bicyclic) bond motifs is 1. The molecule has 0 spiro atoms. The Morgan fingerprint density at radius 1 is 1.35 bits per heavy atom. The first-order valence-corrected chi connectivity index (χ1v) is 8.26. The zero-order chi connectivity index (χ0) is 17.2. The van der Waals surface area contributed by atoms with Crippen LogP contribution in [0, 0.1) is 0 Å². The van der Waals surface area contributed by atoms with E-state index < -0.39 is 11.4 Å². The van der Waals surface area contributed by atoms with Crippen LogP contribution in [-0.2, 0) is 4.79 Å². The molecule has 1 aromatic heterocycles. The van der Waals surface area contributed by atoms with Crippen molar-refractivity contribution >= 4 is 39.2 Å². The predicted octanol–water partition coefficient (Wildman–Crippen LogP) is 3.20. The van der Waals surface area contributed by atoms with Crippen LogP contribution in [-0.4, -0.2) is 22.5 Å². The van der Waals surface area contributed by atoms with Crippen molar-refractivity contribution in [3.05, 3.63) is 23.2 Å². The van der Waals surface area contributed by atoms with E-state index in [9.17, 15) is 9.59 Å². The molecular weight excluding hydrogens is 312 g/mol. The molecule has 0 saturated carbocycles. The van der Waals surface area contributed by atoms with E-state index in [1.54, 1.807) is 25.2 Å². The maximum atomic E-state index is 12.1. The van der Waals surface area contributed by atoms with Gasteiger partial charge in [0, 0.05) is 23.6 Å². The third-order valence-electron chi connectivity index (χ3n) is 3.22. The normalized spacial score (nSPS) is 11.7. The first kappa shape index (κ1) is 17.2. The summed E-state index contributed by atoms with van der Waals surface area (Å²) in [7, 11) is 0. The van der Waals surface area contributed by atoms with Crippen LogP contribution in [0.5, 0.6) is 0 Å². The van der Waals surface area contributed by atoms with Gasteiger partial charge in [-0.25, -0.2) is 9.78 Å². The van der Waals surface area contributed by atoms with Crippen LogP contribution >= 0.6 is 11.3 Å². The minimum Gasteiger partial charge on any atom is -0.370 e. The maximum absolute atomic E-state index is 12.1. The van der Waals surface area contributed by atoms with E-state index in [1.165, 1.54) is 0 Å². The fraction of sp³-hybridized carbons (Fsp3) is 0.438. The van der Waals surface area contributed by atoms with Crippen LogP contribution in [0.1, 0.15) is 45.0 Å². The minimum absolute atomic E-state index is 0.0754. The Labute approximate surface area is 139 Å². The molecule has 0 atom stereocenters. The number of aromatic nitrogens is 1. The van der Waals surface area contributed by atoms with Gasteiger partial charge in [-0.2, -0.15) is 0 Å². The monoisotopic (exact) mass is 334 g/mol. The van der Waals surface area contributed by atoms with E-state index in [4.69, 9.17) is 5.73 Å². The first-order valence-electron chi connectivity index (χ1n) is 7.44. The molecular formula is C16H22N4O2S. The Morgan fingerprint density at radius 2 is 2.04 bits per heavy atom. The molecule has 0 aliphatic rings. The van der Waals surface area contributed by atoms with Crippen LogP contribution in [0.4, 0.5) is 10.5 Å². The molecule has 2 rings (SSSR count). The second-order valence-corrected chi connectivity index (χ2v) is 7.56. The van der Waals surface area contributed by atoms with Crippen molar-refractivity contribution in [1.82, 2.24) is 10.3 Å². The molecule has 0 unspecified atom stereocenters. The SMILES string of the molecule is CC(C)c1nc2ccc(NC(=O)NC(C)(C)CC(N)=O)cc2s1. The lowest BCUT2D eigenvalue weighted by Crippen LogP contribution is -2.47. The molecule has 3 amide bonds. The molecule has 2 aromatic rings. The molecule has 4 N–H and O–H groups in total. The highest BCUT2D eigenvalue weighted by atomic mass is 32.1. The number of thiazole rings is 1. The van der Waals surface area contributed by atoms with Gasteiger partial charge in [0.1, 0.15) is 0 Å². The second-order valence-electron chi connectivity index (χ2n) is 6.50. The summed E-state index contributed by atoms with van der Waals surface area (Å²) in [5.41, 5.74) is 6.09. The summed E-state index contributed by atoms with van der Waals surface area (Å²) in [5, 5.41) is 6.60. The molecule has 1 aromatic carbocycles. The van der Waals surface area contributed by atoms with E-state index in [2.05, 4.69) is 29.5 Å². The van der Waals surface area contributed by atoms with Gasteiger partial charge >= 0.3 is 6.03 Å². The van der Waals surface area contributed by atoms with Crippen molar-refractivity contribution in [2.45, 2.75) is 45.6 Å². The van der Waals surface area contributed by atoms with Crippen LogP contribution in [0.3, 0.4) is 0 Å². The lowest BCUT2D eigenvalue weighted by atomic mass is 10.0. The quantitative estimate of drug-likeness (QED) is 0.783. The number of anilines is 1. The van der Waals surface area contributed by atoms with Crippen molar-refractivity contribution in [2.24, 2.45) is 5.73 Å². The number of amides is 3. The lowest BCUT2D eigenvalue weighted by Gasteiger charge is -2.24. The van der Waals surface area contributed by atoms with Crippen LogP contribution < -0.4 is 16.4 Å². The molecule has 0 aliphatic heterocycles. The standard InChI is InChI=1S/C16H22N4O2S/c1-9(2)14-19-11-6-5-10(7-12(11)23-14)18-15(22)20-16(3,4)8-13(17)21/h5-7,9H,8H2,1-4H3,(H2,17,21)(H2,18,20,22). The molecule has 7 heteroatoms. The van der Waals surface area contributed by atoms with Gasteiger partial charge in [0.05, 0.1) is 15.2 Å². The van der Waals surface area contributed by atoms with Gasteiger partial charge in [0.15, 0.2) is 0 Å². The van der Waals surface area contributed by atoms with E-state index in [1.807, 2.05) is 18.2 Å². The molecule has 0 saturated heterocycles. The summed E-state index contributed by atoms with van der Waals surface area (Å²) in [6.07, 6.45) is 0.0754. The summed E-state index contributed by atoms with van der Waals surface area (Å²) in [5.74, 6) is -0.0794. The third-order valence-corrected chi connectivity index (χ3v) is 4.54. The fourth-order valence-corrected chi connectivity index (χ4v) is 3.23. The topological polar surface area (TPSA) is 97.1 Å². The molecule has 124 valence electrons. The average Bonchev–Trinajstić information content (AvgIpc) is 2.79. The zero-order valence-corrected chi connectivity index (χ0v) is 14.6. The minimum atomic E-state index is -0.699. The number of hydrogen-bond donors (Lipinski definition) is 3. The van der Waals surface area contributed by atoms with Crippen molar-refractivity contribution in [3.8, 4) is 0 Å². The Morgan fingerprint density at radius 3 is 2.65 bits per heavy atom.